The minimum atomic E-state index is -0.378. The van der Waals surface area contributed by atoms with E-state index < -0.39 is 0 Å². The van der Waals surface area contributed by atoms with E-state index in [0.29, 0.717) is 32.7 Å². The predicted octanol–water partition coefficient (Wildman–Crippen LogP) is 1.65. The summed E-state index contributed by atoms with van der Waals surface area (Å²) in [5, 5.41) is 2.67. The van der Waals surface area contributed by atoms with E-state index >= 15 is 0 Å². The van der Waals surface area contributed by atoms with Gasteiger partial charge in [0.2, 0.25) is 6.08 Å². The van der Waals surface area contributed by atoms with Crippen molar-refractivity contribution in [3.63, 3.8) is 0 Å². The van der Waals surface area contributed by atoms with Crippen LogP contribution in [0.15, 0.2) is 4.99 Å². The molecule has 0 heterocycles. The number of amides is 1. The Labute approximate surface area is 108 Å². The molecule has 6 nitrogen and oxygen atoms in total. The average Bonchev–Trinajstić information content (AvgIpc) is 2.38. The van der Waals surface area contributed by atoms with Gasteiger partial charge in [0, 0.05) is 26.7 Å². The van der Waals surface area contributed by atoms with Crippen LogP contribution in [0.1, 0.15) is 32.1 Å². The number of unbranched alkanes of at least 4 members (excludes halogenated alkanes) is 3. The van der Waals surface area contributed by atoms with Crippen LogP contribution >= 0.6 is 0 Å². The Morgan fingerprint density at radius 2 is 1.94 bits per heavy atom. The van der Waals surface area contributed by atoms with E-state index in [9.17, 15) is 9.59 Å². The van der Waals surface area contributed by atoms with E-state index in [0.717, 1.165) is 25.7 Å². The first-order valence-electron chi connectivity index (χ1n) is 6.24. The zero-order valence-electron chi connectivity index (χ0n) is 10.9. The van der Waals surface area contributed by atoms with Gasteiger partial charge in [0.05, 0.1) is 13.2 Å². The van der Waals surface area contributed by atoms with Crippen molar-refractivity contribution in [3.8, 4) is 0 Å². The fourth-order valence-electron chi connectivity index (χ4n) is 1.32. The summed E-state index contributed by atoms with van der Waals surface area (Å²) in [4.78, 5) is 24.4. The lowest BCUT2D eigenvalue weighted by Gasteiger charge is -2.06. The van der Waals surface area contributed by atoms with Crippen molar-refractivity contribution in [3.05, 3.63) is 0 Å². The highest BCUT2D eigenvalue weighted by Crippen LogP contribution is 1.98. The molecular formula is C12H22N2O4. The van der Waals surface area contributed by atoms with Crippen LogP contribution in [0.2, 0.25) is 0 Å². The third-order valence-corrected chi connectivity index (χ3v) is 2.26. The summed E-state index contributed by atoms with van der Waals surface area (Å²) < 4.78 is 9.75. The molecule has 0 aromatic heterocycles. The van der Waals surface area contributed by atoms with Gasteiger partial charge in [-0.1, -0.05) is 12.8 Å². The maximum Gasteiger partial charge on any atom is 0.407 e. The lowest BCUT2D eigenvalue weighted by Crippen LogP contribution is -2.25. The number of methoxy groups -OCH3 is 1. The molecule has 0 atom stereocenters. The summed E-state index contributed by atoms with van der Waals surface area (Å²) >= 11 is 0. The summed E-state index contributed by atoms with van der Waals surface area (Å²) in [5.41, 5.74) is 0. The highest BCUT2D eigenvalue weighted by Gasteiger charge is 1.99. The molecule has 0 bridgehead atoms. The Kier molecular flexibility index (Phi) is 12.6. The zero-order valence-corrected chi connectivity index (χ0v) is 10.9. The van der Waals surface area contributed by atoms with Gasteiger partial charge in [-0.3, -0.25) is 0 Å². The number of ether oxygens (including phenoxy) is 2. The number of alkyl carbamates (subject to hydrolysis) is 1. The van der Waals surface area contributed by atoms with Crippen molar-refractivity contribution < 1.29 is 19.1 Å². The van der Waals surface area contributed by atoms with Crippen molar-refractivity contribution in [1.29, 1.82) is 0 Å². The molecule has 0 saturated carbocycles. The molecule has 6 heteroatoms. The van der Waals surface area contributed by atoms with Crippen LogP contribution in [0.4, 0.5) is 4.79 Å². The summed E-state index contributed by atoms with van der Waals surface area (Å²) in [6, 6.07) is 0. The maximum atomic E-state index is 11.1. The molecule has 0 saturated heterocycles. The predicted molar refractivity (Wildman–Crippen MR) is 67.3 cm³/mol. The van der Waals surface area contributed by atoms with Gasteiger partial charge in [0.25, 0.3) is 0 Å². The molecule has 1 amide bonds. The van der Waals surface area contributed by atoms with Gasteiger partial charge in [0.15, 0.2) is 0 Å². The Hall–Kier alpha value is -1.39. The molecule has 0 unspecified atom stereocenters. The van der Waals surface area contributed by atoms with Crippen molar-refractivity contribution >= 4 is 12.2 Å². The van der Waals surface area contributed by atoms with Crippen LogP contribution < -0.4 is 5.32 Å². The lowest BCUT2D eigenvalue weighted by molar-refractivity contribution is 0.124. The van der Waals surface area contributed by atoms with Gasteiger partial charge >= 0.3 is 6.09 Å². The molecule has 0 fully saturated rings. The first-order chi connectivity index (χ1) is 8.81. The van der Waals surface area contributed by atoms with Crippen molar-refractivity contribution in [1.82, 2.24) is 5.32 Å². The summed E-state index contributed by atoms with van der Waals surface area (Å²) in [6.45, 7) is 2.12. The molecular weight excluding hydrogens is 236 g/mol. The highest BCUT2D eigenvalue weighted by atomic mass is 16.5. The minimum absolute atomic E-state index is 0.378. The largest absolute Gasteiger partial charge is 0.449 e. The van der Waals surface area contributed by atoms with Gasteiger partial charge in [-0.15, -0.1) is 0 Å². The lowest BCUT2D eigenvalue weighted by atomic mass is 10.2. The Morgan fingerprint density at radius 1 is 1.17 bits per heavy atom. The third-order valence-electron chi connectivity index (χ3n) is 2.26. The normalized spacial score (nSPS) is 9.61. The quantitative estimate of drug-likeness (QED) is 0.347. The molecule has 18 heavy (non-hydrogen) atoms. The van der Waals surface area contributed by atoms with E-state index in [-0.39, 0.29) is 6.09 Å². The molecule has 0 aromatic carbocycles. The molecule has 1 N–H and O–H groups in total. The van der Waals surface area contributed by atoms with Gasteiger partial charge in [0.1, 0.15) is 0 Å². The van der Waals surface area contributed by atoms with Crippen LogP contribution in [0.25, 0.3) is 0 Å². The molecule has 104 valence electrons. The second kappa shape index (κ2) is 13.7. The summed E-state index contributed by atoms with van der Waals surface area (Å²) in [7, 11) is 1.61. The average molecular weight is 258 g/mol. The molecule has 0 radical (unpaired) electrons. The second-order valence-corrected chi connectivity index (χ2v) is 3.80. The van der Waals surface area contributed by atoms with E-state index in [1.165, 1.54) is 6.08 Å². The van der Waals surface area contributed by atoms with Crippen molar-refractivity contribution in [2.45, 2.75) is 32.1 Å². The minimum Gasteiger partial charge on any atom is -0.449 e. The third kappa shape index (κ3) is 12.7. The first kappa shape index (κ1) is 16.6. The van der Waals surface area contributed by atoms with Gasteiger partial charge in [-0.05, 0) is 12.8 Å². The number of aliphatic imine (C=N–C) groups is 1. The zero-order chi connectivity index (χ0) is 13.5. The van der Waals surface area contributed by atoms with Crippen LogP contribution in [-0.2, 0) is 14.3 Å². The van der Waals surface area contributed by atoms with E-state index in [1.807, 2.05) is 0 Å². The molecule has 0 rings (SSSR count). The number of nitrogens with one attached hydrogen (secondary N) is 1. The van der Waals surface area contributed by atoms with Gasteiger partial charge < -0.3 is 14.8 Å². The van der Waals surface area contributed by atoms with Crippen molar-refractivity contribution in [2.24, 2.45) is 4.99 Å². The standard InChI is InChI=1S/C12H22N2O4/c1-17-9-6-10-18-12(16)14-8-5-3-2-4-7-13-11-15/h2-10H2,1H3,(H,14,16). The first-order valence-corrected chi connectivity index (χ1v) is 6.24. The van der Waals surface area contributed by atoms with Crippen molar-refractivity contribution in [2.75, 3.05) is 33.4 Å². The molecule has 0 aliphatic carbocycles. The fourth-order valence-corrected chi connectivity index (χ4v) is 1.32. The smallest absolute Gasteiger partial charge is 0.407 e. The van der Waals surface area contributed by atoms with Crippen LogP contribution in [0, 0.1) is 0 Å². The van der Waals surface area contributed by atoms with Crippen LogP contribution in [0.5, 0.6) is 0 Å². The Balaban J connectivity index is 3.17. The molecule has 0 aliphatic heterocycles. The van der Waals surface area contributed by atoms with Gasteiger partial charge in [-0.25, -0.2) is 14.6 Å². The van der Waals surface area contributed by atoms with E-state index in [4.69, 9.17) is 9.47 Å². The van der Waals surface area contributed by atoms with E-state index in [1.54, 1.807) is 7.11 Å². The summed E-state index contributed by atoms with van der Waals surface area (Å²) in [5.74, 6) is 0. The number of hydrogen-bond acceptors (Lipinski definition) is 5. The molecule has 0 aromatic rings. The number of hydrogen-bond donors (Lipinski definition) is 1. The Bertz CT molecular complexity index is 252. The SMILES string of the molecule is COCCCOC(=O)NCCCCCCN=C=O. The van der Waals surface area contributed by atoms with Crippen LogP contribution in [0.3, 0.4) is 0 Å². The van der Waals surface area contributed by atoms with Crippen LogP contribution in [-0.4, -0.2) is 45.6 Å². The number of carbonyl (C=O) groups excluding carboxylic acids is 2. The molecule has 0 aliphatic rings. The number of isocyanates is 1. The second-order valence-electron chi connectivity index (χ2n) is 3.80. The van der Waals surface area contributed by atoms with Gasteiger partial charge in [-0.2, -0.15) is 0 Å². The Morgan fingerprint density at radius 3 is 2.67 bits per heavy atom. The number of nitrogens with zero attached hydrogens (tertiary/aromatic N) is 1. The fraction of sp³-hybridized carbons (Fsp3) is 0.833. The monoisotopic (exact) mass is 258 g/mol. The topological polar surface area (TPSA) is 77.0 Å². The molecule has 0 spiro atoms. The number of carbonyl (C=O) groups is 1. The highest BCUT2D eigenvalue weighted by molar-refractivity contribution is 5.66. The summed E-state index contributed by atoms with van der Waals surface area (Å²) in [6.07, 6.45) is 5.62. The maximum absolute atomic E-state index is 11.1. The van der Waals surface area contributed by atoms with E-state index in [2.05, 4.69) is 10.3 Å². The number of rotatable bonds is 11.